The molecule has 39 heavy (non-hydrogen) atoms. The van der Waals surface area contributed by atoms with Crippen LogP contribution in [-0.2, 0) is 4.79 Å². The molecule has 1 aromatic heterocycles. The Morgan fingerprint density at radius 1 is 0.692 bits per heavy atom. The summed E-state index contributed by atoms with van der Waals surface area (Å²) in [5.41, 5.74) is 2.97. The minimum atomic E-state index is -1.03. The van der Waals surface area contributed by atoms with Crippen LogP contribution in [-0.4, -0.2) is 39.2 Å². The van der Waals surface area contributed by atoms with Crippen molar-refractivity contribution in [1.29, 1.82) is 0 Å². The van der Waals surface area contributed by atoms with Gasteiger partial charge in [-0.3, -0.25) is 24.6 Å². The van der Waals surface area contributed by atoms with Gasteiger partial charge in [-0.2, -0.15) is 0 Å². The Kier molecular flexibility index (Phi) is 9.98. The van der Waals surface area contributed by atoms with Gasteiger partial charge in [-0.15, -0.1) is 0 Å². The van der Waals surface area contributed by atoms with Crippen LogP contribution in [0, 0.1) is 0 Å². The maximum atomic E-state index is 12.7. The lowest BCUT2D eigenvalue weighted by Gasteiger charge is -2.49. The molecular weight excluding hydrogens is 505 g/mol. The largest absolute Gasteiger partial charge is 0.326 e. The molecule has 1 heterocycles. The number of rotatable bonds is 10. The van der Waals surface area contributed by atoms with Crippen LogP contribution >= 0.6 is 7.26 Å². The number of carbonyl (C=O) groups is 1. The van der Waals surface area contributed by atoms with Crippen LogP contribution < -0.4 is 16.4 Å². The van der Waals surface area contributed by atoms with Gasteiger partial charge in [0.15, 0.2) is 0 Å². The first-order valence-electron chi connectivity index (χ1n) is 16.0. The van der Waals surface area contributed by atoms with Crippen molar-refractivity contribution in [2.24, 2.45) is 0 Å². The van der Waals surface area contributed by atoms with Gasteiger partial charge in [-0.05, 0) is 115 Å². The molecule has 0 bridgehead atoms. The fourth-order valence-electron chi connectivity index (χ4n) is 8.45. The van der Waals surface area contributed by atoms with E-state index in [9.17, 15) is 14.4 Å². The molecule has 5 rings (SSSR count). The highest BCUT2D eigenvalue weighted by Crippen LogP contribution is 2.77. The molecule has 3 saturated carbocycles. The van der Waals surface area contributed by atoms with Gasteiger partial charge in [0.1, 0.15) is 0 Å². The standard InChI is InChI=1S/C32H48N3O3P/c36-30(33-24-20-21-28-29(23-24)32(38)35-34-31(28)37)19-11-4-12-22-39(25-13-5-1-6-14-25,26-15-7-2-8-16-26)27-17-9-3-10-18-27/h20-21,23,25-27H,1-19,22H2,(H2-,33,34,35,36,37,38)/p+1. The Labute approximate surface area is 233 Å². The number of amides is 1. The summed E-state index contributed by atoms with van der Waals surface area (Å²) in [7, 11) is -1.03. The molecule has 6 nitrogen and oxygen atoms in total. The lowest BCUT2D eigenvalue weighted by Crippen LogP contribution is -2.37. The van der Waals surface area contributed by atoms with E-state index in [0.717, 1.165) is 29.8 Å². The summed E-state index contributed by atoms with van der Waals surface area (Å²) in [4.78, 5) is 36.8. The SMILES string of the molecule is O=C(CCCCC[P+](C1CCCCC1)(C1CCCCC1)C1CCCCC1)Nc1ccc2c(=O)[nH][nH]c(=O)c2c1. The monoisotopic (exact) mass is 554 g/mol. The van der Waals surface area contributed by atoms with Gasteiger partial charge in [0.25, 0.3) is 11.1 Å². The third-order valence-corrected chi connectivity index (χ3v) is 17.0. The Bertz CT molecular complexity index is 1160. The molecule has 0 spiro atoms. The average molecular weight is 555 g/mol. The van der Waals surface area contributed by atoms with Crippen molar-refractivity contribution in [3.05, 3.63) is 38.9 Å². The van der Waals surface area contributed by atoms with Gasteiger partial charge in [0.05, 0.1) is 33.9 Å². The number of nitrogens with one attached hydrogen (secondary N) is 3. The highest BCUT2D eigenvalue weighted by molar-refractivity contribution is 7.77. The van der Waals surface area contributed by atoms with E-state index in [0.29, 0.717) is 22.9 Å². The van der Waals surface area contributed by atoms with Crippen molar-refractivity contribution < 1.29 is 4.79 Å². The molecule has 1 aromatic carbocycles. The van der Waals surface area contributed by atoms with E-state index >= 15 is 0 Å². The number of H-pyrrole nitrogens is 2. The highest BCUT2D eigenvalue weighted by Gasteiger charge is 2.56. The van der Waals surface area contributed by atoms with E-state index in [4.69, 9.17) is 0 Å². The molecule has 3 aliphatic rings. The minimum Gasteiger partial charge on any atom is -0.326 e. The summed E-state index contributed by atoms with van der Waals surface area (Å²) in [6.45, 7) is 0. The highest BCUT2D eigenvalue weighted by atomic mass is 31.2. The van der Waals surface area contributed by atoms with E-state index in [1.165, 1.54) is 109 Å². The molecule has 3 fully saturated rings. The van der Waals surface area contributed by atoms with Gasteiger partial charge < -0.3 is 5.32 Å². The zero-order chi connectivity index (χ0) is 27.1. The van der Waals surface area contributed by atoms with Crippen LogP contribution in [0.25, 0.3) is 10.8 Å². The lowest BCUT2D eigenvalue weighted by atomic mass is 9.99. The summed E-state index contributed by atoms with van der Waals surface area (Å²) in [6, 6.07) is 4.90. The molecule has 0 radical (unpaired) electrons. The van der Waals surface area contributed by atoms with Crippen LogP contribution in [0.2, 0.25) is 0 Å². The van der Waals surface area contributed by atoms with Gasteiger partial charge in [-0.25, -0.2) is 0 Å². The Hall–Kier alpha value is -1.94. The molecule has 0 atom stereocenters. The molecule has 0 unspecified atom stereocenters. The molecule has 2 aromatic rings. The number of benzene rings is 1. The predicted molar refractivity (Wildman–Crippen MR) is 165 cm³/mol. The van der Waals surface area contributed by atoms with E-state index < -0.39 is 7.26 Å². The third kappa shape index (κ3) is 6.69. The average Bonchev–Trinajstić information content (AvgIpc) is 2.98. The quantitative estimate of drug-likeness (QED) is 0.207. The Morgan fingerprint density at radius 3 is 1.74 bits per heavy atom. The van der Waals surface area contributed by atoms with Gasteiger partial charge in [-0.1, -0.05) is 19.3 Å². The van der Waals surface area contributed by atoms with E-state index in [2.05, 4.69) is 15.5 Å². The first-order valence-corrected chi connectivity index (χ1v) is 18.2. The van der Waals surface area contributed by atoms with Gasteiger partial charge in [0, 0.05) is 19.4 Å². The number of hydrogen-bond acceptors (Lipinski definition) is 3. The predicted octanol–water partition coefficient (Wildman–Crippen LogP) is 7.73. The summed E-state index contributed by atoms with van der Waals surface area (Å²) in [5, 5.41) is 8.26. The van der Waals surface area contributed by atoms with Crippen LogP contribution in [0.1, 0.15) is 122 Å². The zero-order valence-corrected chi connectivity index (χ0v) is 24.7. The maximum Gasteiger partial charge on any atom is 0.270 e. The van der Waals surface area contributed by atoms with E-state index in [1.54, 1.807) is 18.2 Å². The second-order valence-electron chi connectivity index (χ2n) is 12.6. The summed E-state index contributed by atoms with van der Waals surface area (Å²) in [6.07, 6.45) is 27.4. The number of aromatic nitrogens is 2. The number of fused-ring (bicyclic) bond motifs is 1. The van der Waals surface area contributed by atoms with Gasteiger partial charge in [0.2, 0.25) is 5.91 Å². The summed E-state index contributed by atoms with van der Waals surface area (Å²) < 4.78 is 0. The van der Waals surface area contributed by atoms with Crippen LogP contribution in [0.4, 0.5) is 5.69 Å². The van der Waals surface area contributed by atoms with Crippen LogP contribution in [0.3, 0.4) is 0 Å². The van der Waals surface area contributed by atoms with Crippen molar-refractivity contribution in [2.45, 2.75) is 139 Å². The van der Waals surface area contributed by atoms with Crippen LogP contribution in [0.5, 0.6) is 0 Å². The van der Waals surface area contributed by atoms with Crippen molar-refractivity contribution in [2.75, 3.05) is 11.5 Å². The Balaban J connectivity index is 1.20. The first-order chi connectivity index (χ1) is 19.1. The molecule has 1 amide bonds. The molecule has 3 aliphatic carbocycles. The summed E-state index contributed by atoms with van der Waals surface area (Å²) >= 11 is 0. The molecule has 7 heteroatoms. The van der Waals surface area contributed by atoms with Crippen molar-refractivity contribution >= 4 is 29.6 Å². The molecule has 214 valence electrons. The Morgan fingerprint density at radius 2 is 1.21 bits per heavy atom. The molecular formula is C32H49N3O3P+. The third-order valence-electron chi connectivity index (χ3n) is 10.3. The van der Waals surface area contributed by atoms with Crippen molar-refractivity contribution in [3.8, 4) is 0 Å². The fraction of sp³-hybridized carbons (Fsp3) is 0.719. The van der Waals surface area contributed by atoms with E-state index in [-0.39, 0.29) is 17.0 Å². The fourth-order valence-corrected chi connectivity index (χ4v) is 16.1. The normalized spacial score (nSPS) is 20.3. The number of unbranched alkanes of at least 4 members (excludes halogenated alkanes) is 2. The maximum absolute atomic E-state index is 12.7. The van der Waals surface area contributed by atoms with Crippen LogP contribution in [0.15, 0.2) is 27.8 Å². The number of anilines is 1. The zero-order valence-electron chi connectivity index (χ0n) is 23.8. The number of hydrogen-bond donors (Lipinski definition) is 3. The van der Waals surface area contributed by atoms with Gasteiger partial charge >= 0.3 is 0 Å². The second kappa shape index (κ2) is 13.6. The second-order valence-corrected chi connectivity index (χ2v) is 17.2. The molecule has 0 saturated heterocycles. The smallest absolute Gasteiger partial charge is 0.270 e. The molecule has 3 N–H and O–H groups in total. The van der Waals surface area contributed by atoms with Crippen molar-refractivity contribution in [3.63, 3.8) is 0 Å². The minimum absolute atomic E-state index is 0.0106. The lowest BCUT2D eigenvalue weighted by molar-refractivity contribution is -0.116. The van der Waals surface area contributed by atoms with Crippen molar-refractivity contribution in [1.82, 2.24) is 10.2 Å². The number of carbonyl (C=O) groups excluding carboxylic acids is 1. The summed E-state index contributed by atoms with van der Waals surface area (Å²) in [5.74, 6) is -0.0106. The topological polar surface area (TPSA) is 94.8 Å². The number of aromatic amines is 2. The first kappa shape index (κ1) is 28.6. The molecule has 0 aliphatic heterocycles. The van der Waals surface area contributed by atoms with E-state index in [1.807, 2.05) is 0 Å².